The third-order valence-corrected chi connectivity index (χ3v) is 2.65. The van der Waals surface area contributed by atoms with Gasteiger partial charge in [-0.2, -0.15) is 0 Å². The van der Waals surface area contributed by atoms with Crippen LogP contribution in [0.3, 0.4) is 0 Å². The van der Waals surface area contributed by atoms with Crippen LogP contribution in [0.2, 0.25) is 0 Å². The van der Waals surface area contributed by atoms with Crippen LogP contribution in [0.4, 0.5) is 11.4 Å². The van der Waals surface area contributed by atoms with Gasteiger partial charge in [0.1, 0.15) is 0 Å². The third-order valence-electron chi connectivity index (χ3n) is 2.65. The van der Waals surface area contributed by atoms with Gasteiger partial charge in [-0.15, -0.1) is 0 Å². The van der Waals surface area contributed by atoms with Gasteiger partial charge in [-0.05, 0) is 29.3 Å². The van der Waals surface area contributed by atoms with E-state index in [4.69, 9.17) is 10.8 Å². The number of nitrogen functional groups attached to an aromatic ring is 1. The lowest BCUT2D eigenvalue weighted by atomic mass is 10.1. The summed E-state index contributed by atoms with van der Waals surface area (Å²) in [5.74, 6) is 0. The van der Waals surface area contributed by atoms with Gasteiger partial charge < -0.3 is 16.2 Å². The van der Waals surface area contributed by atoms with Gasteiger partial charge in [0.25, 0.3) is 0 Å². The monoisotopic (exact) mass is 228 g/mol. The number of hydrogen-bond donors (Lipinski definition) is 3. The first-order valence-corrected chi connectivity index (χ1v) is 5.56. The van der Waals surface area contributed by atoms with Crippen molar-refractivity contribution in [2.45, 2.75) is 13.2 Å². The van der Waals surface area contributed by atoms with E-state index < -0.39 is 0 Å². The normalized spacial score (nSPS) is 10.2. The van der Waals surface area contributed by atoms with E-state index in [-0.39, 0.29) is 6.61 Å². The Labute approximate surface area is 101 Å². The van der Waals surface area contributed by atoms with E-state index in [1.807, 2.05) is 48.5 Å². The van der Waals surface area contributed by atoms with Gasteiger partial charge in [-0.1, -0.05) is 30.3 Å². The Hall–Kier alpha value is -2.00. The van der Waals surface area contributed by atoms with E-state index in [1.54, 1.807) is 0 Å². The van der Waals surface area contributed by atoms with Crippen LogP contribution >= 0.6 is 0 Å². The molecule has 2 aromatic rings. The number of nitrogens with two attached hydrogens (primary N) is 1. The molecular weight excluding hydrogens is 212 g/mol. The van der Waals surface area contributed by atoms with E-state index in [0.29, 0.717) is 6.54 Å². The summed E-state index contributed by atoms with van der Waals surface area (Å²) >= 11 is 0. The van der Waals surface area contributed by atoms with Gasteiger partial charge in [-0.3, -0.25) is 0 Å². The lowest BCUT2D eigenvalue weighted by molar-refractivity contribution is 0.282. The number of aliphatic hydroxyl groups is 1. The number of aliphatic hydroxyl groups excluding tert-OH is 1. The molecule has 3 heteroatoms. The standard InChI is InChI=1S/C14H16N2O/c15-14-7-2-1-5-12(14)9-16-13-6-3-4-11(8-13)10-17/h1-8,16-17H,9-10,15H2. The molecule has 0 saturated heterocycles. The fourth-order valence-electron chi connectivity index (χ4n) is 1.67. The van der Waals surface area contributed by atoms with Crippen LogP contribution < -0.4 is 11.1 Å². The highest BCUT2D eigenvalue weighted by Crippen LogP contribution is 2.15. The highest BCUT2D eigenvalue weighted by atomic mass is 16.3. The van der Waals surface area contributed by atoms with Crippen LogP contribution in [0.1, 0.15) is 11.1 Å². The molecule has 3 nitrogen and oxygen atoms in total. The van der Waals surface area contributed by atoms with Crippen molar-refractivity contribution in [2.24, 2.45) is 0 Å². The molecule has 0 spiro atoms. The second kappa shape index (κ2) is 5.37. The molecule has 0 aliphatic carbocycles. The first-order chi connectivity index (χ1) is 8.29. The quantitative estimate of drug-likeness (QED) is 0.704. The summed E-state index contributed by atoms with van der Waals surface area (Å²) in [7, 11) is 0. The van der Waals surface area contributed by atoms with Gasteiger partial charge in [0.2, 0.25) is 0 Å². The summed E-state index contributed by atoms with van der Waals surface area (Å²) in [6.45, 7) is 0.741. The van der Waals surface area contributed by atoms with Crippen molar-refractivity contribution in [3.05, 3.63) is 59.7 Å². The van der Waals surface area contributed by atoms with Gasteiger partial charge in [0.05, 0.1) is 6.61 Å². The summed E-state index contributed by atoms with van der Waals surface area (Å²) in [4.78, 5) is 0. The van der Waals surface area contributed by atoms with Crippen molar-refractivity contribution < 1.29 is 5.11 Å². The molecule has 0 atom stereocenters. The molecule has 0 bridgehead atoms. The molecule has 0 unspecified atom stereocenters. The molecule has 0 aliphatic heterocycles. The number of hydrogen-bond acceptors (Lipinski definition) is 3. The number of nitrogens with one attached hydrogen (secondary N) is 1. The van der Waals surface area contributed by atoms with Gasteiger partial charge in [0.15, 0.2) is 0 Å². The Bertz CT molecular complexity index is 497. The number of rotatable bonds is 4. The molecule has 2 aromatic carbocycles. The minimum absolute atomic E-state index is 0.0585. The van der Waals surface area contributed by atoms with E-state index in [2.05, 4.69) is 5.32 Å². The highest BCUT2D eigenvalue weighted by Gasteiger charge is 1.98. The fraction of sp³-hybridized carbons (Fsp3) is 0.143. The second-order valence-corrected chi connectivity index (χ2v) is 3.91. The van der Waals surface area contributed by atoms with Gasteiger partial charge in [-0.25, -0.2) is 0 Å². The molecule has 0 heterocycles. The Kier molecular flexibility index (Phi) is 3.62. The molecule has 4 N–H and O–H groups in total. The molecule has 2 rings (SSSR count). The van der Waals surface area contributed by atoms with Crippen LogP contribution in [0, 0.1) is 0 Å². The average Bonchev–Trinajstić information content (AvgIpc) is 2.38. The smallest absolute Gasteiger partial charge is 0.0682 e. The predicted octanol–water partition coefficient (Wildman–Crippen LogP) is 2.37. The molecule has 0 aliphatic rings. The average molecular weight is 228 g/mol. The Balaban J connectivity index is 2.05. The second-order valence-electron chi connectivity index (χ2n) is 3.91. The molecule has 17 heavy (non-hydrogen) atoms. The predicted molar refractivity (Wildman–Crippen MR) is 70.5 cm³/mol. The molecule has 88 valence electrons. The maximum Gasteiger partial charge on any atom is 0.0682 e. The first-order valence-electron chi connectivity index (χ1n) is 5.56. The van der Waals surface area contributed by atoms with Crippen molar-refractivity contribution in [3.8, 4) is 0 Å². The number of anilines is 2. The topological polar surface area (TPSA) is 58.3 Å². The summed E-state index contributed by atoms with van der Waals surface area (Å²) in [5, 5.41) is 12.3. The lowest BCUT2D eigenvalue weighted by Gasteiger charge is -2.09. The molecule has 0 aromatic heterocycles. The SMILES string of the molecule is Nc1ccccc1CNc1cccc(CO)c1. The zero-order valence-corrected chi connectivity index (χ0v) is 9.56. The van der Waals surface area contributed by atoms with Crippen LogP contribution in [-0.4, -0.2) is 5.11 Å². The summed E-state index contributed by atoms with van der Waals surface area (Å²) in [6, 6.07) is 15.5. The number of para-hydroxylation sites is 1. The van der Waals surface area contributed by atoms with E-state index >= 15 is 0 Å². The van der Waals surface area contributed by atoms with Crippen molar-refractivity contribution in [1.29, 1.82) is 0 Å². The summed E-state index contributed by atoms with van der Waals surface area (Å²) in [6.07, 6.45) is 0. The van der Waals surface area contributed by atoms with Crippen molar-refractivity contribution in [3.63, 3.8) is 0 Å². The first kappa shape index (κ1) is 11.5. The summed E-state index contributed by atoms with van der Waals surface area (Å²) < 4.78 is 0. The minimum Gasteiger partial charge on any atom is -0.398 e. The van der Waals surface area contributed by atoms with Crippen molar-refractivity contribution in [1.82, 2.24) is 0 Å². The van der Waals surface area contributed by atoms with Crippen LogP contribution in [0.25, 0.3) is 0 Å². The zero-order valence-electron chi connectivity index (χ0n) is 9.56. The van der Waals surface area contributed by atoms with Crippen LogP contribution in [0.5, 0.6) is 0 Å². The van der Waals surface area contributed by atoms with E-state index in [1.165, 1.54) is 0 Å². The van der Waals surface area contributed by atoms with Crippen LogP contribution in [-0.2, 0) is 13.2 Å². The Morgan fingerprint density at radius 2 is 1.88 bits per heavy atom. The van der Waals surface area contributed by atoms with Gasteiger partial charge >= 0.3 is 0 Å². The maximum absolute atomic E-state index is 9.04. The van der Waals surface area contributed by atoms with Crippen molar-refractivity contribution >= 4 is 11.4 Å². The molecule has 0 fully saturated rings. The van der Waals surface area contributed by atoms with E-state index in [0.717, 1.165) is 22.5 Å². The Morgan fingerprint density at radius 3 is 2.65 bits per heavy atom. The van der Waals surface area contributed by atoms with Gasteiger partial charge in [0, 0.05) is 17.9 Å². The molecule has 0 saturated carbocycles. The maximum atomic E-state index is 9.04. The van der Waals surface area contributed by atoms with Crippen LogP contribution in [0.15, 0.2) is 48.5 Å². The zero-order chi connectivity index (χ0) is 12.1. The highest BCUT2D eigenvalue weighted by molar-refractivity contribution is 5.51. The fourth-order valence-corrected chi connectivity index (χ4v) is 1.67. The lowest BCUT2D eigenvalue weighted by Crippen LogP contribution is -2.02. The molecule has 0 amide bonds. The molecular formula is C14H16N2O. The minimum atomic E-state index is 0.0585. The molecule has 0 radical (unpaired) electrons. The largest absolute Gasteiger partial charge is 0.398 e. The summed E-state index contributed by atoms with van der Waals surface area (Å²) in [5.41, 5.74) is 9.61. The number of benzene rings is 2. The van der Waals surface area contributed by atoms with E-state index in [9.17, 15) is 0 Å². The third kappa shape index (κ3) is 2.98. The van der Waals surface area contributed by atoms with Crippen molar-refractivity contribution in [2.75, 3.05) is 11.1 Å². The Morgan fingerprint density at radius 1 is 1.06 bits per heavy atom.